The molecule has 21 heavy (non-hydrogen) atoms. The molecule has 1 saturated carbocycles. The lowest BCUT2D eigenvalue weighted by molar-refractivity contribution is 0.630. The van der Waals surface area contributed by atoms with E-state index in [-0.39, 0.29) is 5.82 Å². The topological polar surface area (TPSA) is 24.9 Å². The van der Waals surface area contributed by atoms with E-state index >= 15 is 0 Å². The highest BCUT2D eigenvalue weighted by molar-refractivity contribution is 9.10. The zero-order valence-corrected chi connectivity index (χ0v) is 14.4. The van der Waals surface area contributed by atoms with Crippen molar-refractivity contribution < 1.29 is 4.39 Å². The fourth-order valence-corrected chi connectivity index (χ4v) is 3.68. The maximum atomic E-state index is 14.1. The zero-order valence-electron chi connectivity index (χ0n) is 12.0. The normalized spacial score (nSPS) is 14.6. The summed E-state index contributed by atoms with van der Waals surface area (Å²) in [5, 5.41) is 4.32. The van der Waals surface area contributed by atoms with E-state index in [1.54, 1.807) is 17.4 Å². The van der Waals surface area contributed by atoms with Gasteiger partial charge in [-0.25, -0.2) is 9.37 Å². The van der Waals surface area contributed by atoms with Gasteiger partial charge in [-0.2, -0.15) is 0 Å². The maximum absolute atomic E-state index is 14.1. The summed E-state index contributed by atoms with van der Waals surface area (Å²) >= 11 is 4.91. The van der Waals surface area contributed by atoms with E-state index in [1.807, 2.05) is 6.07 Å². The molecule has 1 heterocycles. The molecule has 0 radical (unpaired) electrons. The number of halogens is 2. The van der Waals surface area contributed by atoms with Gasteiger partial charge in [0.05, 0.1) is 5.69 Å². The van der Waals surface area contributed by atoms with E-state index < -0.39 is 0 Å². The number of hydrogen-bond donors (Lipinski definition) is 1. The summed E-state index contributed by atoms with van der Waals surface area (Å²) < 4.78 is 14.9. The van der Waals surface area contributed by atoms with Crippen LogP contribution in [0.15, 0.2) is 22.7 Å². The van der Waals surface area contributed by atoms with Gasteiger partial charge in [-0.15, -0.1) is 11.3 Å². The number of nitrogens with zero attached hydrogens (tertiary/aromatic N) is 1. The van der Waals surface area contributed by atoms with Crippen LogP contribution in [0.5, 0.6) is 0 Å². The molecule has 2 aromatic rings. The fraction of sp³-hybridized carbons (Fsp3) is 0.438. The van der Waals surface area contributed by atoms with Crippen molar-refractivity contribution in [3.05, 3.63) is 39.1 Å². The van der Waals surface area contributed by atoms with Gasteiger partial charge in [0, 0.05) is 27.5 Å². The predicted octanol–water partition coefficient (Wildman–Crippen LogP) is 4.92. The van der Waals surface area contributed by atoms with Crippen molar-refractivity contribution in [3.8, 4) is 10.6 Å². The first-order chi connectivity index (χ1) is 10.2. The fourth-order valence-electron chi connectivity index (χ4n) is 2.26. The molecular weight excluding hydrogens is 351 g/mol. The molecule has 0 aliphatic heterocycles. The predicted molar refractivity (Wildman–Crippen MR) is 89.1 cm³/mol. The molecule has 112 valence electrons. The number of hydrogen-bond acceptors (Lipinski definition) is 3. The summed E-state index contributed by atoms with van der Waals surface area (Å²) in [6.45, 7) is 3.01. The Morgan fingerprint density at radius 3 is 2.90 bits per heavy atom. The maximum Gasteiger partial charge on any atom is 0.134 e. The Hall–Kier alpha value is -0.780. The minimum absolute atomic E-state index is 0.220. The van der Waals surface area contributed by atoms with E-state index in [0.29, 0.717) is 11.6 Å². The monoisotopic (exact) mass is 368 g/mol. The lowest BCUT2D eigenvalue weighted by Gasteiger charge is -2.01. The van der Waals surface area contributed by atoms with E-state index in [4.69, 9.17) is 0 Å². The highest BCUT2D eigenvalue weighted by Crippen LogP contribution is 2.32. The van der Waals surface area contributed by atoms with Gasteiger partial charge in [0.2, 0.25) is 0 Å². The lowest BCUT2D eigenvalue weighted by atomic mass is 10.2. The van der Waals surface area contributed by atoms with Crippen LogP contribution < -0.4 is 5.32 Å². The quantitative estimate of drug-likeness (QED) is 0.782. The van der Waals surface area contributed by atoms with E-state index in [1.165, 1.54) is 23.8 Å². The minimum atomic E-state index is -0.220. The lowest BCUT2D eigenvalue weighted by Crippen LogP contribution is -2.15. The van der Waals surface area contributed by atoms with Crippen molar-refractivity contribution in [2.75, 3.05) is 0 Å². The van der Waals surface area contributed by atoms with Crippen LogP contribution in [0.2, 0.25) is 0 Å². The first kappa shape index (κ1) is 15.1. The second-order valence-electron chi connectivity index (χ2n) is 5.42. The van der Waals surface area contributed by atoms with Crippen LogP contribution in [0.25, 0.3) is 10.6 Å². The van der Waals surface area contributed by atoms with E-state index in [2.05, 4.69) is 33.2 Å². The Morgan fingerprint density at radius 2 is 2.24 bits per heavy atom. The van der Waals surface area contributed by atoms with Gasteiger partial charge in [-0.05, 0) is 37.5 Å². The third-order valence-electron chi connectivity index (χ3n) is 3.56. The van der Waals surface area contributed by atoms with Gasteiger partial charge in [0.1, 0.15) is 10.8 Å². The molecule has 1 N–H and O–H groups in total. The molecule has 0 amide bonds. The second kappa shape index (κ2) is 6.55. The average Bonchev–Trinajstić information content (AvgIpc) is 3.19. The number of benzene rings is 1. The van der Waals surface area contributed by atoms with Crippen LogP contribution in [-0.2, 0) is 13.0 Å². The third kappa shape index (κ3) is 3.71. The molecule has 1 aromatic heterocycles. The zero-order chi connectivity index (χ0) is 14.8. The van der Waals surface area contributed by atoms with Gasteiger partial charge >= 0.3 is 0 Å². The standard InChI is InChI=1S/C16H18BrFN2S/c1-2-3-14-15(9-19-11-5-6-11)21-16(20-14)12-7-4-10(17)8-13(12)18/h4,7-8,11,19H,2-3,5-6,9H2,1H3. The average molecular weight is 369 g/mol. The van der Waals surface area contributed by atoms with Crippen molar-refractivity contribution in [3.63, 3.8) is 0 Å². The smallest absolute Gasteiger partial charge is 0.134 e. The van der Waals surface area contributed by atoms with Gasteiger partial charge < -0.3 is 5.32 Å². The minimum Gasteiger partial charge on any atom is -0.309 e. The van der Waals surface area contributed by atoms with E-state index in [9.17, 15) is 4.39 Å². The molecule has 0 saturated heterocycles. The van der Waals surface area contributed by atoms with E-state index in [0.717, 1.165) is 34.6 Å². The van der Waals surface area contributed by atoms with Gasteiger partial charge in [-0.3, -0.25) is 0 Å². The SMILES string of the molecule is CCCc1nc(-c2ccc(Br)cc2F)sc1CNC1CC1. The Balaban J connectivity index is 1.88. The van der Waals surface area contributed by atoms with Crippen LogP contribution in [0.3, 0.4) is 0 Å². The molecular formula is C16H18BrFN2S. The summed E-state index contributed by atoms with van der Waals surface area (Å²) in [4.78, 5) is 5.93. The molecule has 0 bridgehead atoms. The molecule has 1 aromatic carbocycles. The van der Waals surface area contributed by atoms with Crippen molar-refractivity contribution >= 4 is 27.3 Å². The Labute approximate surface area is 136 Å². The molecule has 3 rings (SSSR count). The molecule has 1 aliphatic rings. The highest BCUT2D eigenvalue weighted by atomic mass is 79.9. The summed E-state index contributed by atoms with van der Waals surface area (Å²) in [6, 6.07) is 5.83. The molecule has 1 fully saturated rings. The van der Waals surface area contributed by atoms with Gasteiger partial charge in [0.25, 0.3) is 0 Å². The number of thiazole rings is 1. The van der Waals surface area contributed by atoms with Crippen molar-refractivity contribution in [2.24, 2.45) is 0 Å². The number of rotatable bonds is 6. The summed E-state index contributed by atoms with van der Waals surface area (Å²) in [5.41, 5.74) is 1.71. The number of aromatic nitrogens is 1. The summed E-state index contributed by atoms with van der Waals surface area (Å²) in [7, 11) is 0. The molecule has 0 atom stereocenters. The van der Waals surface area contributed by atoms with Crippen LogP contribution in [0, 0.1) is 5.82 Å². The van der Waals surface area contributed by atoms with Crippen LogP contribution in [0.1, 0.15) is 36.8 Å². The van der Waals surface area contributed by atoms with Crippen molar-refractivity contribution in [1.29, 1.82) is 0 Å². The summed E-state index contributed by atoms with van der Waals surface area (Å²) in [5.74, 6) is -0.220. The van der Waals surface area contributed by atoms with Crippen LogP contribution in [-0.4, -0.2) is 11.0 Å². The molecule has 5 heteroatoms. The number of nitrogens with one attached hydrogen (secondary N) is 1. The van der Waals surface area contributed by atoms with Crippen molar-refractivity contribution in [2.45, 2.75) is 45.2 Å². The molecule has 1 aliphatic carbocycles. The third-order valence-corrected chi connectivity index (χ3v) is 5.18. The van der Waals surface area contributed by atoms with Crippen LogP contribution >= 0.6 is 27.3 Å². The second-order valence-corrected chi connectivity index (χ2v) is 7.42. The summed E-state index contributed by atoms with van der Waals surface area (Å²) in [6.07, 6.45) is 4.56. The first-order valence-electron chi connectivity index (χ1n) is 7.34. The molecule has 0 spiro atoms. The van der Waals surface area contributed by atoms with Crippen molar-refractivity contribution in [1.82, 2.24) is 10.3 Å². The largest absolute Gasteiger partial charge is 0.309 e. The molecule has 0 unspecified atom stereocenters. The molecule has 2 nitrogen and oxygen atoms in total. The van der Waals surface area contributed by atoms with Gasteiger partial charge in [-0.1, -0.05) is 29.3 Å². The Bertz CT molecular complexity index is 637. The Morgan fingerprint density at radius 1 is 1.43 bits per heavy atom. The van der Waals surface area contributed by atoms with Crippen LogP contribution in [0.4, 0.5) is 4.39 Å². The number of aryl methyl sites for hydroxylation is 1. The first-order valence-corrected chi connectivity index (χ1v) is 8.95. The highest BCUT2D eigenvalue weighted by Gasteiger charge is 2.22. The Kier molecular flexibility index (Phi) is 4.72. The van der Waals surface area contributed by atoms with Gasteiger partial charge in [0.15, 0.2) is 0 Å².